The molecule has 2 bridgehead atoms. The Kier molecular flexibility index (Phi) is 2.96. The molecule has 4 rings (SSSR count). The summed E-state index contributed by atoms with van der Waals surface area (Å²) in [5.74, 6) is 0.698. The molecule has 2 aliphatic carbocycles. The Hall–Kier alpha value is -1.24. The number of halogens is 1. The van der Waals surface area contributed by atoms with Crippen molar-refractivity contribution in [3.8, 4) is 0 Å². The summed E-state index contributed by atoms with van der Waals surface area (Å²) in [7, 11) is 0. The zero-order valence-corrected chi connectivity index (χ0v) is 12.2. The lowest BCUT2D eigenvalue weighted by molar-refractivity contribution is 0.00467. The van der Waals surface area contributed by atoms with Gasteiger partial charge in [-0.15, -0.1) is 0 Å². The van der Waals surface area contributed by atoms with Gasteiger partial charge in [-0.25, -0.2) is 15.0 Å². The highest BCUT2D eigenvalue weighted by Crippen LogP contribution is 2.61. The number of aliphatic hydroxyl groups is 2. The van der Waals surface area contributed by atoms with Crippen LogP contribution >= 0.6 is 11.6 Å². The summed E-state index contributed by atoms with van der Waals surface area (Å²) in [6.45, 7) is 0.0626. The second-order valence-electron chi connectivity index (χ2n) is 6.31. The molecule has 0 radical (unpaired) electrons. The van der Waals surface area contributed by atoms with Crippen molar-refractivity contribution in [3.05, 3.63) is 17.8 Å². The van der Waals surface area contributed by atoms with E-state index in [2.05, 4.69) is 19.5 Å². The van der Waals surface area contributed by atoms with Gasteiger partial charge in [-0.1, -0.05) is 11.6 Å². The third-order valence-electron chi connectivity index (χ3n) is 5.46. The molecule has 2 heterocycles. The van der Waals surface area contributed by atoms with E-state index < -0.39 is 0 Å². The summed E-state index contributed by atoms with van der Waals surface area (Å²) in [6.07, 6.45) is 6.22. The number of aromatic nitrogens is 4. The smallest absolute Gasteiger partial charge is 0.165 e. The molecular weight excluding hydrogens is 292 g/mol. The monoisotopic (exact) mass is 308 g/mol. The van der Waals surface area contributed by atoms with Crippen LogP contribution in [0, 0.1) is 17.3 Å². The third kappa shape index (κ3) is 1.69. The highest BCUT2D eigenvalue weighted by molar-refractivity contribution is 6.33. The SMILES string of the molecule is OCC1(CO)C[C@H]2CC[C@@H]1[C@H]2n1cnc2c(Cl)ncnc21. The van der Waals surface area contributed by atoms with Gasteiger partial charge in [0.1, 0.15) is 11.8 Å². The van der Waals surface area contributed by atoms with Crippen LogP contribution in [0.1, 0.15) is 25.3 Å². The number of rotatable bonds is 3. The van der Waals surface area contributed by atoms with Gasteiger partial charge in [-0.05, 0) is 31.1 Å². The number of fused-ring (bicyclic) bond motifs is 3. The lowest BCUT2D eigenvalue weighted by Gasteiger charge is -2.34. The quantitative estimate of drug-likeness (QED) is 0.838. The van der Waals surface area contributed by atoms with Gasteiger partial charge in [0.05, 0.1) is 19.5 Å². The molecule has 2 saturated carbocycles. The maximum atomic E-state index is 9.78. The molecule has 7 heteroatoms. The first kappa shape index (κ1) is 13.4. The van der Waals surface area contributed by atoms with Crippen molar-refractivity contribution in [2.24, 2.45) is 17.3 Å². The standard InChI is InChI=1S/C14H17ClN4O2/c15-12-10-13(17-6-16-12)19(7-18-10)11-8-1-2-9(11)14(3-8,4-20)5-21/h6-9,11,20-21H,1-5H2/t8-,9-,11+/m1/s1. The van der Waals surface area contributed by atoms with Gasteiger partial charge >= 0.3 is 0 Å². The first-order valence-corrected chi connectivity index (χ1v) is 7.63. The van der Waals surface area contributed by atoms with Crippen LogP contribution in [0.2, 0.25) is 5.15 Å². The largest absolute Gasteiger partial charge is 0.396 e. The zero-order chi connectivity index (χ0) is 14.6. The summed E-state index contributed by atoms with van der Waals surface area (Å²) in [5, 5.41) is 19.9. The van der Waals surface area contributed by atoms with Crippen LogP contribution in [0.25, 0.3) is 11.2 Å². The first-order valence-electron chi connectivity index (χ1n) is 7.25. The minimum atomic E-state index is -0.374. The van der Waals surface area contributed by atoms with Crippen molar-refractivity contribution in [1.29, 1.82) is 0 Å². The average molecular weight is 309 g/mol. The Morgan fingerprint density at radius 3 is 2.76 bits per heavy atom. The molecule has 0 saturated heterocycles. The molecule has 0 unspecified atom stereocenters. The second-order valence-corrected chi connectivity index (χ2v) is 6.66. The zero-order valence-electron chi connectivity index (χ0n) is 11.5. The maximum absolute atomic E-state index is 9.78. The Balaban J connectivity index is 1.82. The highest BCUT2D eigenvalue weighted by atomic mass is 35.5. The molecular formula is C14H17ClN4O2. The molecule has 2 N–H and O–H groups in total. The lowest BCUT2D eigenvalue weighted by Crippen LogP contribution is -2.36. The molecule has 0 aromatic carbocycles. The Morgan fingerprint density at radius 2 is 2.05 bits per heavy atom. The third-order valence-corrected chi connectivity index (χ3v) is 5.74. The van der Waals surface area contributed by atoms with E-state index in [0.29, 0.717) is 16.6 Å². The molecule has 112 valence electrons. The van der Waals surface area contributed by atoms with Gasteiger partial charge in [-0.3, -0.25) is 0 Å². The van der Waals surface area contributed by atoms with Crippen LogP contribution in [0.4, 0.5) is 0 Å². The molecule has 2 aromatic rings. The second kappa shape index (κ2) is 4.63. The van der Waals surface area contributed by atoms with Crippen molar-refractivity contribution in [1.82, 2.24) is 19.5 Å². The van der Waals surface area contributed by atoms with E-state index in [9.17, 15) is 10.2 Å². The van der Waals surface area contributed by atoms with E-state index in [1.807, 2.05) is 0 Å². The molecule has 2 fully saturated rings. The van der Waals surface area contributed by atoms with E-state index in [1.165, 1.54) is 6.33 Å². The Bertz CT molecular complexity index is 685. The average Bonchev–Trinajstić information content (AvgIpc) is 3.17. The highest BCUT2D eigenvalue weighted by Gasteiger charge is 2.57. The van der Waals surface area contributed by atoms with Crippen molar-refractivity contribution in [2.75, 3.05) is 13.2 Å². The van der Waals surface area contributed by atoms with E-state index in [1.54, 1.807) is 6.33 Å². The van der Waals surface area contributed by atoms with Crippen molar-refractivity contribution in [2.45, 2.75) is 25.3 Å². The summed E-state index contributed by atoms with van der Waals surface area (Å²) in [5.41, 5.74) is 0.980. The van der Waals surface area contributed by atoms with Crippen LogP contribution in [0.15, 0.2) is 12.7 Å². The Labute approximate surface area is 126 Å². The van der Waals surface area contributed by atoms with Crippen LogP contribution < -0.4 is 0 Å². The number of aliphatic hydroxyl groups excluding tert-OH is 2. The van der Waals surface area contributed by atoms with E-state index in [-0.39, 0.29) is 30.6 Å². The molecule has 6 nitrogen and oxygen atoms in total. The van der Waals surface area contributed by atoms with Gasteiger partial charge < -0.3 is 14.8 Å². The summed E-state index contributed by atoms with van der Waals surface area (Å²) < 4.78 is 2.07. The maximum Gasteiger partial charge on any atom is 0.165 e. The lowest BCUT2D eigenvalue weighted by atomic mass is 9.74. The number of nitrogens with zero attached hydrogens (tertiary/aromatic N) is 4. The topological polar surface area (TPSA) is 84.1 Å². The van der Waals surface area contributed by atoms with Crippen LogP contribution in [0.3, 0.4) is 0 Å². The van der Waals surface area contributed by atoms with E-state index >= 15 is 0 Å². The van der Waals surface area contributed by atoms with Gasteiger partial charge in [0.2, 0.25) is 0 Å². The normalized spacial score (nSPS) is 30.3. The predicted octanol–water partition coefficient (Wildman–Crippen LogP) is 1.42. The van der Waals surface area contributed by atoms with Gasteiger partial charge in [0.15, 0.2) is 10.8 Å². The fourth-order valence-corrected chi connectivity index (χ4v) is 4.68. The van der Waals surface area contributed by atoms with Crippen LogP contribution in [0.5, 0.6) is 0 Å². The van der Waals surface area contributed by atoms with Gasteiger partial charge in [0, 0.05) is 11.5 Å². The molecule has 0 amide bonds. The van der Waals surface area contributed by atoms with Crippen molar-refractivity contribution >= 4 is 22.8 Å². The van der Waals surface area contributed by atoms with Crippen molar-refractivity contribution in [3.63, 3.8) is 0 Å². The van der Waals surface area contributed by atoms with E-state index in [0.717, 1.165) is 24.9 Å². The molecule has 3 atom stereocenters. The molecule has 0 spiro atoms. The summed E-state index contributed by atoms with van der Waals surface area (Å²) in [6, 6.07) is 0.222. The number of hydrogen-bond acceptors (Lipinski definition) is 5. The summed E-state index contributed by atoms with van der Waals surface area (Å²) in [4.78, 5) is 12.6. The van der Waals surface area contributed by atoms with E-state index in [4.69, 9.17) is 11.6 Å². The number of imidazole rings is 1. The first-order chi connectivity index (χ1) is 10.2. The number of hydrogen-bond donors (Lipinski definition) is 2. The molecule has 2 aromatic heterocycles. The fourth-order valence-electron chi connectivity index (χ4n) is 4.50. The van der Waals surface area contributed by atoms with Gasteiger partial charge in [0.25, 0.3) is 0 Å². The van der Waals surface area contributed by atoms with Crippen molar-refractivity contribution < 1.29 is 10.2 Å². The minimum absolute atomic E-state index is 0.0313. The van der Waals surface area contributed by atoms with Crippen LogP contribution in [-0.2, 0) is 0 Å². The molecule has 2 aliphatic rings. The minimum Gasteiger partial charge on any atom is -0.396 e. The Morgan fingerprint density at radius 1 is 1.24 bits per heavy atom. The van der Waals surface area contributed by atoms with Gasteiger partial charge in [-0.2, -0.15) is 0 Å². The molecule has 0 aliphatic heterocycles. The summed E-state index contributed by atoms with van der Waals surface area (Å²) >= 11 is 6.07. The fraction of sp³-hybridized carbons (Fsp3) is 0.643. The molecule has 21 heavy (non-hydrogen) atoms. The predicted molar refractivity (Wildman–Crippen MR) is 76.8 cm³/mol. The van der Waals surface area contributed by atoms with Crippen LogP contribution in [-0.4, -0.2) is 42.9 Å².